The molecule has 0 saturated carbocycles. The van der Waals surface area contributed by atoms with Crippen LogP contribution in [-0.4, -0.2) is 26.0 Å². The number of hydroxylamine groups is 1. The molecule has 1 N–H and O–H groups in total. The largest absolute Gasteiger partial charge is 0.479 e. The lowest BCUT2D eigenvalue weighted by atomic mass is 10.6. The van der Waals surface area contributed by atoms with Gasteiger partial charge in [0.05, 0.1) is 12.8 Å². The summed E-state index contributed by atoms with van der Waals surface area (Å²) in [6.07, 6.45) is 16.8. The van der Waals surface area contributed by atoms with Crippen molar-refractivity contribution in [3.05, 3.63) is 49.2 Å². The Morgan fingerprint density at radius 3 is 1.91 bits per heavy atom. The van der Waals surface area contributed by atoms with Crippen molar-refractivity contribution in [2.75, 3.05) is 13.2 Å². The Kier molecular flexibility index (Phi) is 23.4. The van der Waals surface area contributed by atoms with Crippen molar-refractivity contribution in [2.45, 2.75) is 27.7 Å². The Labute approximate surface area is 133 Å². The van der Waals surface area contributed by atoms with Crippen molar-refractivity contribution >= 4 is 12.8 Å². The minimum Gasteiger partial charge on any atom is -0.479 e. The van der Waals surface area contributed by atoms with E-state index in [4.69, 9.17) is 4.74 Å². The fourth-order valence-electron chi connectivity index (χ4n) is 0.819. The number of allylic oxidation sites excluding steroid dienone is 2. The van der Waals surface area contributed by atoms with Gasteiger partial charge in [-0.1, -0.05) is 27.7 Å². The van der Waals surface area contributed by atoms with Crippen molar-refractivity contribution < 1.29 is 14.3 Å². The Bertz CT molecular complexity index is 305. The normalized spacial score (nSPS) is 14.4. The first-order chi connectivity index (χ1) is 11.0. The second-order valence-corrected chi connectivity index (χ2v) is 2.87. The number of hydrogen-bond donors (Lipinski definition) is 1. The third kappa shape index (κ3) is 19.8. The van der Waals surface area contributed by atoms with Gasteiger partial charge in [0.2, 0.25) is 0 Å². The Balaban J connectivity index is 0. The first-order valence-electron chi connectivity index (χ1n) is 7.30. The summed E-state index contributed by atoms with van der Waals surface area (Å²) in [7, 11) is 0. The number of nitrogens with zero attached hydrogens (tertiary/aromatic N) is 2. The molecule has 3 rings (SSSR count). The molecule has 0 unspecified atom stereocenters. The predicted molar refractivity (Wildman–Crippen MR) is 92.4 cm³/mol. The first-order valence-corrected chi connectivity index (χ1v) is 7.30. The van der Waals surface area contributed by atoms with Crippen molar-refractivity contribution in [1.29, 1.82) is 0 Å². The van der Waals surface area contributed by atoms with Gasteiger partial charge < -0.3 is 14.3 Å². The van der Waals surface area contributed by atoms with E-state index in [1.54, 1.807) is 31.0 Å². The summed E-state index contributed by atoms with van der Waals surface area (Å²) < 4.78 is 9.29. The summed E-state index contributed by atoms with van der Waals surface area (Å²) in [6.45, 7) is 9.43. The van der Waals surface area contributed by atoms with Crippen LogP contribution in [0, 0.1) is 0 Å². The van der Waals surface area contributed by atoms with Gasteiger partial charge in [-0.25, -0.2) is 10.5 Å². The van der Waals surface area contributed by atoms with Gasteiger partial charge in [-0.05, 0) is 24.3 Å². The molecule has 0 atom stereocenters. The third-order valence-corrected chi connectivity index (χ3v) is 1.53. The summed E-state index contributed by atoms with van der Waals surface area (Å²) in [5.74, 6) is 0. The standard InChI is InChI=1S/3C4H5NO.2C2H6/c2*1-2-5-4-6-3-1;1-2-4-6-5-3-1;2*1-2/h1,3-4H,2H2;1-2,4H,3H2;1-5H;2*1-2H3. The van der Waals surface area contributed by atoms with Crippen LogP contribution in [0.25, 0.3) is 0 Å². The molecule has 0 amide bonds. The zero-order valence-electron chi connectivity index (χ0n) is 13.8. The average molecular weight is 309 g/mol. The van der Waals surface area contributed by atoms with Crippen molar-refractivity contribution in [3.63, 3.8) is 0 Å². The minimum atomic E-state index is 0.670. The Morgan fingerprint density at radius 1 is 0.955 bits per heavy atom. The number of aliphatic imine (C=N–C) groups is 2. The van der Waals surface area contributed by atoms with E-state index in [0.29, 0.717) is 6.61 Å². The van der Waals surface area contributed by atoms with E-state index < -0.39 is 0 Å². The molecule has 0 aliphatic carbocycles. The molecule has 0 saturated heterocycles. The molecule has 0 bridgehead atoms. The molecule has 0 aromatic carbocycles. The van der Waals surface area contributed by atoms with Gasteiger partial charge in [0.1, 0.15) is 12.9 Å². The summed E-state index contributed by atoms with van der Waals surface area (Å²) in [5.41, 5.74) is 2.52. The topological polar surface area (TPSA) is 64.4 Å². The summed E-state index contributed by atoms with van der Waals surface area (Å²) in [5, 5.41) is 0. The van der Waals surface area contributed by atoms with Crippen LogP contribution in [0.1, 0.15) is 27.7 Å². The maximum atomic E-state index is 4.69. The highest BCUT2D eigenvalue weighted by Crippen LogP contribution is 1.82. The van der Waals surface area contributed by atoms with Gasteiger partial charge in [-0.15, -0.1) is 0 Å². The highest BCUT2D eigenvalue weighted by atomic mass is 16.6. The molecular formula is C16H27N3O3. The summed E-state index contributed by atoms with van der Waals surface area (Å²) in [6, 6.07) is 0. The van der Waals surface area contributed by atoms with Crippen LogP contribution >= 0.6 is 0 Å². The summed E-state index contributed by atoms with van der Waals surface area (Å²) in [4.78, 5) is 11.9. The second kappa shape index (κ2) is 23.6. The number of hydrogen-bond acceptors (Lipinski definition) is 6. The zero-order chi connectivity index (χ0) is 16.7. The quantitative estimate of drug-likeness (QED) is 0.740. The van der Waals surface area contributed by atoms with Gasteiger partial charge in [0, 0.05) is 12.4 Å². The lowest BCUT2D eigenvalue weighted by Crippen LogP contribution is -2.01. The number of ether oxygens (including phenoxy) is 2. The smallest absolute Gasteiger partial charge is 0.176 e. The van der Waals surface area contributed by atoms with Crippen LogP contribution < -0.4 is 5.48 Å². The fourth-order valence-corrected chi connectivity index (χ4v) is 0.819. The number of nitrogens with one attached hydrogen (secondary N) is 1. The molecule has 6 nitrogen and oxygen atoms in total. The van der Waals surface area contributed by atoms with E-state index in [9.17, 15) is 0 Å². The maximum absolute atomic E-state index is 4.69. The van der Waals surface area contributed by atoms with E-state index in [1.165, 1.54) is 12.8 Å². The van der Waals surface area contributed by atoms with Crippen molar-refractivity contribution in [2.24, 2.45) is 9.98 Å². The molecule has 124 valence electrons. The number of rotatable bonds is 0. The highest BCUT2D eigenvalue weighted by Gasteiger charge is 1.77. The molecule has 6 heteroatoms. The van der Waals surface area contributed by atoms with Crippen molar-refractivity contribution in [3.8, 4) is 0 Å². The fraction of sp³-hybridized carbons (Fsp3) is 0.375. The predicted octanol–water partition coefficient (Wildman–Crippen LogP) is 3.72. The molecule has 0 aromatic heterocycles. The van der Waals surface area contributed by atoms with Crippen LogP contribution in [-0.2, 0) is 14.3 Å². The van der Waals surface area contributed by atoms with Crippen LogP contribution in [0.4, 0.5) is 0 Å². The maximum Gasteiger partial charge on any atom is 0.176 e. The van der Waals surface area contributed by atoms with E-state index in [-0.39, 0.29) is 0 Å². The van der Waals surface area contributed by atoms with Crippen molar-refractivity contribution in [1.82, 2.24) is 5.48 Å². The van der Waals surface area contributed by atoms with Crippen LogP contribution in [0.2, 0.25) is 0 Å². The lowest BCUT2D eigenvalue weighted by molar-refractivity contribution is 0.172. The zero-order valence-corrected chi connectivity index (χ0v) is 13.8. The van der Waals surface area contributed by atoms with Gasteiger partial charge in [-0.2, -0.15) is 0 Å². The van der Waals surface area contributed by atoms with Crippen LogP contribution in [0.3, 0.4) is 0 Å². The van der Waals surface area contributed by atoms with Gasteiger partial charge in [0.25, 0.3) is 0 Å². The molecule has 0 radical (unpaired) electrons. The van der Waals surface area contributed by atoms with Gasteiger partial charge >= 0.3 is 0 Å². The summed E-state index contributed by atoms with van der Waals surface area (Å²) >= 11 is 0. The molecule has 22 heavy (non-hydrogen) atoms. The second-order valence-electron chi connectivity index (χ2n) is 2.87. The van der Waals surface area contributed by atoms with Crippen LogP contribution in [0.15, 0.2) is 59.2 Å². The van der Waals surface area contributed by atoms with E-state index in [2.05, 4.69) is 25.0 Å². The molecular weight excluding hydrogens is 282 g/mol. The van der Waals surface area contributed by atoms with Gasteiger partial charge in [0.15, 0.2) is 12.8 Å². The molecule has 0 aromatic rings. The van der Waals surface area contributed by atoms with E-state index in [1.807, 2.05) is 45.9 Å². The SMILES string of the molecule is C1=CN=COC1.C1=CNOC=C1.C1=COC=NC1.CC.CC. The third-order valence-electron chi connectivity index (χ3n) is 1.53. The molecule has 0 spiro atoms. The monoisotopic (exact) mass is 309 g/mol. The lowest BCUT2D eigenvalue weighted by Gasteiger charge is -1.97. The van der Waals surface area contributed by atoms with E-state index >= 15 is 0 Å². The van der Waals surface area contributed by atoms with E-state index in [0.717, 1.165) is 6.54 Å². The Hall–Kier alpha value is -2.50. The average Bonchev–Trinajstić information content (AvgIpc) is 2.70. The molecule has 3 aliphatic rings. The van der Waals surface area contributed by atoms with Gasteiger partial charge in [-0.3, -0.25) is 4.99 Å². The molecule has 3 aliphatic heterocycles. The molecule has 0 fully saturated rings. The first kappa shape index (κ1) is 21.8. The Morgan fingerprint density at radius 2 is 1.77 bits per heavy atom. The minimum absolute atomic E-state index is 0.670. The molecule has 3 heterocycles. The highest BCUT2D eigenvalue weighted by molar-refractivity contribution is 5.48. The van der Waals surface area contributed by atoms with Crippen LogP contribution in [0.5, 0.6) is 0 Å².